The summed E-state index contributed by atoms with van der Waals surface area (Å²) in [6.45, 7) is 1.86. The Hall–Kier alpha value is -1.51. The first-order chi connectivity index (χ1) is 11.0. The lowest BCUT2D eigenvalue weighted by molar-refractivity contribution is -0.120. The molecule has 1 heterocycles. The van der Waals surface area contributed by atoms with E-state index in [0.717, 1.165) is 5.56 Å². The molecule has 0 bridgehead atoms. The third kappa shape index (κ3) is 5.89. The predicted octanol–water partition coefficient (Wildman–Crippen LogP) is 0.537. The highest BCUT2D eigenvalue weighted by Crippen LogP contribution is 2.07. The SMILES string of the molecule is O=C(CCS(=O)(=O)N1CCOCC1)NCCc1ccc(F)cc1. The second-order valence-electron chi connectivity index (χ2n) is 5.30. The molecule has 8 heteroatoms. The molecular weight excluding hydrogens is 323 g/mol. The van der Waals surface area contributed by atoms with Crippen molar-refractivity contribution in [1.82, 2.24) is 9.62 Å². The Labute approximate surface area is 135 Å². The smallest absolute Gasteiger partial charge is 0.221 e. The molecule has 1 aromatic carbocycles. The number of ether oxygens (including phenoxy) is 1. The minimum Gasteiger partial charge on any atom is -0.379 e. The number of sulfonamides is 1. The fraction of sp³-hybridized carbons (Fsp3) is 0.533. The van der Waals surface area contributed by atoms with Gasteiger partial charge < -0.3 is 10.1 Å². The van der Waals surface area contributed by atoms with Gasteiger partial charge >= 0.3 is 0 Å². The van der Waals surface area contributed by atoms with E-state index in [1.165, 1.54) is 16.4 Å². The Balaban J connectivity index is 1.69. The number of rotatable bonds is 7. The van der Waals surface area contributed by atoms with Crippen LogP contribution in [0.15, 0.2) is 24.3 Å². The predicted molar refractivity (Wildman–Crippen MR) is 83.9 cm³/mol. The fourth-order valence-electron chi connectivity index (χ4n) is 2.26. The highest BCUT2D eigenvalue weighted by Gasteiger charge is 2.24. The van der Waals surface area contributed by atoms with E-state index < -0.39 is 10.0 Å². The summed E-state index contributed by atoms with van der Waals surface area (Å²) >= 11 is 0. The number of nitrogens with one attached hydrogen (secondary N) is 1. The topological polar surface area (TPSA) is 75.7 Å². The number of morpholine rings is 1. The van der Waals surface area contributed by atoms with Crippen molar-refractivity contribution in [2.45, 2.75) is 12.8 Å². The van der Waals surface area contributed by atoms with Gasteiger partial charge in [-0.25, -0.2) is 12.8 Å². The van der Waals surface area contributed by atoms with Crippen LogP contribution in [0.2, 0.25) is 0 Å². The van der Waals surface area contributed by atoms with E-state index in [1.54, 1.807) is 12.1 Å². The van der Waals surface area contributed by atoms with Gasteiger partial charge in [-0.2, -0.15) is 4.31 Å². The maximum atomic E-state index is 12.8. The quantitative estimate of drug-likeness (QED) is 0.783. The maximum Gasteiger partial charge on any atom is 0.221 e. The first kappa shape index (κ1) is 17.8. The molecule has 0 aromatic heterocycles. The molecule has 6 nitrogen and oxygen atoms in total. The summed E-state index contributed by atoms with van der Waals surface area (Å²) in [4.78, 5) is 11.7. The normalized spacial score (nSPS) is 16.2. The Morgan fingerprint density at radius 1 is 1.22 bits per heavy atom. The summed E-state index contributed by atoms with van der Waals surface area (Å²) in [5.74, 6) is -0.801. The van der Waals surface area contributed by atoms with Gasteiger partial charge in [-0.05, 0) is 24.1 Å². The fourth-order valence-corrected chi connectivity index (χ4v) is 3.67. The Morgan fingerprint density at radius 3 is 2.52 bits per heavy atom. The highest BCUT2D eigenvalue weighted by molar-refractivity contribution is 7.89. The molecule has 0 radical (unpaired) electrons. The van der Waals surface area contributed by atoms with E-state index in [2.05, 4.69) is 5.32 Å². The van der Waals surface area contributed by atoms with Crippen molar-refractivity contribution in [3.63, 3.8) is 0 Å². The molecule has 0 spiro atoms. The first-order valence-corrected chi connectivity index (χ1v) is 9.15. The number of carbonyl (C=O) groups excluding carboxylic acids is 1. The van der Waals surface area contributed by atoms with Crippen LogP contribution in [0.1, 0.15) is 12.0 Å². The van der Waals surface area contributed by atoms with Crippen LogP contribution in [0.3, 0.4) is 0 Å². The van der Waals surface area contributed by atoms with Gasteiger partial charge in [-0.1, -0.05) is 12.1 Å². The summed E-state index contributed by atoms with van der Waals surface area (Å²) in [5, 5.41) is 2.68. The van der Waals surface area contributed by atoms with Crippen molar-refractivity contribution in [2.75, 3.05) is 38.6 Å². The number of amides is 1. The molecule has 1 saturated heterocycles. The van der Waals surface area contributed by atoms with Gasteiger partial charge in [0, 0.05) is 26.1 Å². The van der Waals surface area contributed by atoms with Gasteiger partial charge in [0.25, 0.3) is 0 Å². The Bertz CT molecular complexity index is 613. The maximum absolute atomic E-state index is 12.8. The molecule has 1 aliphatic heterocycles. The number of nitrogens with zero attached hydrogens (tertiary/aromatic N) is 1. The summed E-state index contributed by atoms with van der Waals surface area (Å²) in [7, 11) is -3.41. The monoisotopic (exact) mass is 344 g/mol. The van der Waals surface area contributed by atoms with E-state index in [4.69, 9.17) is 4.74 Å². The molecule has 1 N–H and O–H groups in total. The van der Waals surface area contributed by atoms with Gasteiger partial charge in [0.05, 0.1) is 19.0 Å². The van der Waals surface area contributed by atoms with Crippen LogP contribution in [0, 0.1) is 5.82 Å². The van der Waals surface area contributed by atoms with Crippen LogP contribution < -0.4 is 5.32 Å². The van der Waals surface area contributed by atoms with Crippen LogP contribution in [-0.4, -0.2) is 57.2 Å². The minimum absolute atomic E-state index is 0.0664. The molecule has 23 heavy (non-hydrogen) atoms. The molecule has 1 amide bonds. The van der Waals surface area contributed by atoms with E-state index in [1.807, 2.05) is 0 Å². The Morgan fingerprint density at radius 2 is 1.87 bits per heavy atom. The molecule has 1 aromatic rings. The highest BCUT2D eigenvalue weighted by atomic mass is 32.2. The van der Waals surface area contributed by atoms with Crippen molar-refractivity contribution in [2.24, 2.45) is 0 Å². The summed E-state index contributed by atoms with van der Waals surface area (Å²) in [5.41, 5.74) is 0.910. The molecular formula is C15H21FN2O4S. The average molecular weight is 344 g/mol. The third-order valence-electron chi connectivity index (χ3n) is 3.60. The second-order valence-corrected chi connectivity index (χ2v) is 7.39. The van der Waals surface area contributed by atoms with Crippen LogP contribution >= 0.6 is 0 Å². The molecule has 1 fully saturated rings. The van der Waals surface area contributed by atoms with Crippen LogP contribution in [0.5, 0.6) is 0 Å². The van der Waals surface area contributed by atoms with Gasteiger partial charge in [0.15, 0.2) is 0 Å². The zero-order valence-corrected chi connectivity index (χ0v) is 13.6. The van der Waals surface area contributed by atoms with Gasteiger partial charge in [0.1, 0.15) is 5.82 Å². The number of benzene rings is 1. The standard InChI is InChI=1S/C15H21FN2O4S/c16-14-3-1-13(2-4-14)5-7-17-15(19)6-12-23(20,21)18-8-10-22-11-9-18/h1-4H,5-12H2,(H,17,19). The van der Waals surface area contributed by atoms with E-state index >= 15 is 0 Å². The van der Waals surface area contributed by atoms with E-state index in [9.17, 15) is 17.6 Å². The molecule has 1 aliphatic rings. The average Bonchev–Trinajstić information content (AvgIpc) is 2.56. The summed E-state index contributed by atoms with van der Waals surface area (Å²) in [6.07, 6.45) is 0.505. The molecule has 128 valence electrons. The Kier molecular flexibility index (Phi) is 6.49. The lowest BCUT2D eigenvalue weighted by Gasteiger charge is -2.25. The molecule has 0 saturated carbocycles. The molecule has 0 unspecified atom stereocenters. The van der Waals surface area contributed by atoms with Gasteiger partial charge in [-0.3, -0.25) is 4.79 Å². The molecule has 2 rings (SSSR count). The summed E-state index contributed by atoms with van der Waals surface area (Å²) in [6, 6.07) is 6.05. The van der Waals surface area contributed by atoms with Crippen LogP contribution in [-0.2, 0) is 26.0 Å². The zero-order valence-electron chi connectivity index (χ0n) is 12.8. The zero-order chi connectivity index (χ0) is 16.7. The first-order valence-electron chi connectivity index (χ1n) is 7.54. The number of hydrogen-bond donors (Lipinski definition) is 1. The van der Waals surface area contributed by atoms with E-state index in [-0.39, 0.29) is 23.9 Å². The number of hydrogen-bond acceptors (Lipinski definition) is 4. The lowest BCUT2D eigenvalue weighted by Crippen LogP contribution is -2.42. The van der Waals surface area contributed by atoms with E-state index in [0.29, 0.717) is 39.3 Å². The lowest BCUT2D eigenvalue weighted by atomic mass is 10.1. The molecule has 0 atom stereocenters. The largest absolute Gasteiger partial charge is 0.379 e. The number of halogens is 1. The third-order valence-corrected chi connectivity index (χ3v) is 5.47. The van der Waals surface area contributed by atoms with Crippen molar-refractivity contribution >= 4 is 15.9 Å². The van der Waals surface area contributed by atoms with Crippen molar-refractivity contribution in [1.29, 1.82) is 0 Å². The van der Waals surface area contributed by atoms with Crippen molar-refractivity contribution in [3.8, 4) is 0 Å². The van der Waals surface area contributed by atoms with Crippen LogP contribution in [0.25, 0.3) is 0 Å². The number of carbonyl (C=O) groups is 1. The van der Waals surface area contributed by atoms with Gasteiger partial charge in [0.2, 0.25) is 15.9 Å². The van der Waals surface area contributed by atoms with Crippen LogP contribution in [0.4, 0.5) is 4.39 Å². The van der Waals surface area contributed by atoms with Gasteiger partial charge in [-0.15, -0.1) is 0 Å². The second kappa shape index (κ2) is 8.37. The summed E-state index contributed by atoms with van der Waals surface area (Å²) < 4.78 is 43.4. The van der Waals surface area contributed by atoms with Crippen molar-refractivity contribution < 1.29 is 22.3 Å². The minimum atomic E-state index is -3.41. The van der Waals surface area contributed by atoms with Crippen molar-refractivity contribution in [3.05, 3.63) is 35.6 Å². The molecule has 0 aliphatic carbocycles.